The topological polar surface area (TPSA) is 72.0 Å². The van der Waals surface area contributed by atoms with E-state index < -0.39 is 10.0 Å². The van der Waals surface area contributed by atoms with E-state index in [-0.39, 0.29) is 17.9 Å². The molecule has 2 atom stereocenters. The Morgan fingerprint density at radius 1 is 1.13 bits per heavy atom. The Balaban J connectivity index is 1.12. The number of nitrogens with zero attached hydrogens (tertiary/aromatic N) is 3. The molecule has 1 aromatic heterocycles. The summed E-state index contributed by atoms with van der Waals surface area (Å²) in [5, 5.41) is 0.460. The quantitative estimate of drug-likeness (QED) is 0.535. The van der Waals surface area contributed by atoms with Crippen LogP contribution in [-0.4, -0.2) is 67.2 Å². The lowest BCUT2D eigenvalue weighted by Gasteiger charge is -2.32. The van der Waals surface area contributed by atoms with Gasteiger partial charge in [-0.3, -0.25) is 4.90 Å². The Labute approximate surface area is 184 Å². The van der Waals surface area contributed by atoms with E-state index in [1.165, 1.54) is 29.7 Å². The molecule has 0 N–H and O–H groups in total. The Morgan fingerprint density at radius 2 is 1.90 bits per heavy atom. The number of halogens is 1. The summed E-state index contributed by atoms with van der Waals surface area (Å²) in [6.45, 7) is 2.64. The standard InChI is InChI=1S/C21H22FN3O4S2/c1-31(26,27)25-13-15-11-16(25)12-24(15)8-9-28-17-3-5-18(6-4-17)29-21-23-19-10-14(22)2-7-20(19)30-21/h2-7,10,15-16H,8-9,11-13H2,1H3. The largest absolute Gasteiger partial charge is 0.492 e. The van der Waals surface area contributed by atoms with Crippen LogP contribution in [0.5, 0.6) is 16.7 Å². The van der Waals surface area contributed by atoms with Crippen LogP contribution < -0.4 is 9.47 Å². The van der Waals surface area contributed by atoms with Crippen molar-refractivity contribution < 1.29 is 22.3 Å². The van der Waals surface area contributed by atoms with Crippen LogP contribution in [0, 0.1) is 5.82 Å². The lowest BCUT2D eigenvalue weighted by molar-refractivity contribution is 0.153. The third-order valence-electron chi connectivity index (χ3n) is 5.74. The van der Waals surface area contributed by atoms with E-state index in [2.05, 4.69) is 9.88 Å². The fraction of sp³-hybridized carbons (Fsp3) is 0.381. The molecule has 31 heavy (non-hydrogen) atoms. The molecule has 2 bridgehead atoms. The van der Waals surface area contributed by atoms with Crippen LogP contribution in [-0.2, 0) is 10.0 Å². The molecule has 2 aromatic carbocycles. The number of hydrogen-bond donors (Lipinski definition) is 0. The van der Waals surface area contributed by atoms with Crippen molar-refractivity contribution in [3.63, 3.8) is 0 Å². The van der Waals surface area contributed by atoms with E-state index in [9.17, 15) is 12.8 Å². The average molecular weight is 464 g/mol. The molecular formula is C21H22FN3O4S2. The zero-order valence-electron chi connectivity index (χ0n) is 16.9. The highest BCUT2D eigenvalue weighted by Crippen LogP contribution is 2.33. The Morgan fingerprint density at radius 3 is 2.61 bits per heavy atom. The molecule has 2 unspecified atom stereocenters. The van der Waals surface area contributed by atoms with Crippen molar-refractivity contribution >= 4 is 31.6 Å². The maximum Gasteiger partial charge on any atom is 0.279 e. The first-order chi connectivity index (χ1) is 14.8. The van der Waals surface area contributed by atoms with Crippen LogP contribution in [0.4, 0.5) is 4.39 Å². The molecule has 7 nitrogen and oxygen atoms in total. The predicted octanol–water partition coefficient (Wildman–Crippen LogP) is 3.32. The molecule has 2 fully saturated rings. The lowest BCUT2D eigenvalue weighted by Crippen LogP contribution is -2.49. The second kappa shape index (κ2) is 8.01. The van der Waals surface area contributed by atoms with Crippen LogP contribution in [0.1, 0.15) is 6.42 Å². The molecule has 2 aliphatic rings. The summed E-state index contributed by atoms with van der Waals surface area (Å²) in [6, 6.07) is 12.2. The SMILES string of the molecule is CS(=O)(=O)N1CC2CC1CN2CCOc1ccc(Oc2nc3cc(F)ccc3s2)cc1. The number of piperazine rings is 1. The van der Waals surface area contributed by atoms with E-state index in [4.69, 9.17) is 9.47 Å². The van der Waals surface area contributed by atoms with Crippen LogP contribution in [0.2, 0.25) is 0 Å². The Hall–Kier alpha value is -2.27. The number of fused-ring (bicyclic) bond motifs is 3. The van der Waals surface area contributed by atoms with E-state index in [1.807, 2.05) is 24.3 Å². The van der Waals surface area contributed by atoms with Gasteiger partial charge in [0.1, 0.15) is 23.9 Å². The molecule has 164 valence electrons. The van der Waals surface area contributed by atoms with Crippen molar-refractivity contribution in [2.45, 2.75) is 18.5 Å². The average Bonchev–Trinajstić information content (AvgIpc) is 3.42. The van der Waals surface area contributed by atoms with Crippen molar-refractivity contribution in [3.8, 4) is 16.7 Å². The third kappa shape index (κ3) is 4.38. The van der Waals surface area contributed by atoms with Gasteiger partial charge in [0.25, 0.3) is 5.19 Å². The summed E-state index contributed by atoms with van der Waals surface area (Å²) in [5.41, 5.74) is 0.579. The van der Waals surface area contributed by atoms with Gasteiger partial charge < -0.3 is 9.47 Å². The monoisotopic (exact) mass is 463 g/mol. The molecule has 0 amide bonds. The van der Waals surface area contributed by atoms with Crippen molar-refractivity contribution in [1.29, 1.82) is 0 Å². The molecule has 0 saturated carbocycles. The summed E-state index contributed by atoms with van der Waals surface area (Å²) in [5.74, 6) is 1.05. The van der Waals surface area contributed by atoms with Crippen LogP contribution in [0.25, 0.3) is 10.2 Å². The second-order valence-corrected chi connectivity index (χ2v) is 10.8. The Bertz CT molecular complexity index is 1200. The molecule has 2 saturated heterocycles. The van der Waals surface area contributed by atoms with E-state index in [0.717, 1.165) is 30.0 Å². The van der Waals surface area contributed by atoms with Crippen molar-refractivity contribution in [3.05, 3.63) is 48.3 Å². The summed E-state index contributed by atoms with van der Waals surface area (Å²) in [7, 11) is -3.11. The number of aromatic nitrogens is 1. The first kappa shape index (κ1) is 20.6. The number of sulfonamides is 1. The number of rotatable bonds is 7. The second-order valence-electron chi connectivity index (χ2n) is 7.88. The van der Waals surface area contributed by atoms with Gasteiger partial charge in [-0.05, 0) is 42.8 Å². The number of likely N-dealkylation sites (tertiary alicyclic amines) is 1. The lowest BCUT2D eigenvalue weighted by atomic mass is 10.2. The fourth-order valence-corrected chi connectivity index (χ4v) is 6.25. The molecule has 5 rings (SSSR count). The van der Waals surface area contributed by atoms with Crippen LogP contribution in [0.15, 0.2) is 42.5 Å². The minimum atomic E-state index is -3.11. The van der Waals surface area contributed by atoms with Gasteiger partial charge in [0, 0.05) is 37.8 Å². The number of benzene rings is 2. The van der Waals surface area contributed by atoms with Gasteiger partial charge >= 0.3 is 0 Å². The molecule has 10 heteroatoms. The zero-order chi connectivity index (χ0) is 21.6. The van der Waals surface area contributed by atoms with Crippen LogP contribution >= 0.6 is 11.3 Å². The van der Waals surface area contributed by atoms with Gasteiger partial charge in [0.15, 0.2) is 0 Å². The fourth-order valence-electron chi connectivity index (χ4n) is 4.30. The summed E-state index contributed by atoms with van der Waals surface area (Å²) < 4.78 is 51.0. The minimum Gasteiger partial charge on any atom is -0.492 e. The highest BCUT2D eigenvalue weighted by atomic mass is 32.2. The van der Waals surface area contributed by atoms with Gasteiger partial charge in [-0.2, -0.15) is 4.31 Å². The maximum atomic E-state index is 13.3. The van der Waals surface area contributed by atoms with Gasteiger partial charge in [0.2, 0.25) is 10.0 Å². The highest BCUT2D eigenvalue weighted by Gasteiger charge is 2.46. The Kier molecular flexibility index (Phi) is 5.33. The number of thiazole rings is 1. The highest BCUT2D eigenvalue weighted by molar-refractivity contribution is 7.88. The summed E-state index contributed by atoms with van der Waals surface area (Å²) in [6.07, 6.45) is 2.18. The van der Waals surface area contributed by atoms with Crippen molar-refractivity contribution in [1.82, 2.24) is 14.2 Å². The normalized spacial score (nSPS) is 21.7. The van der Waals surface area contributed by atoms with Gasteiger partial charge in [-0.15, -0.1) is 0 Å². The van der Waals surface area contributed by atoms with Gasteiger partial charge in [-0.25, -0.2) is 17.8 Å². The van der Waals surface area contributed by atoms with E-state index in [0.29, 0.717) is 29.6 Å². The maximum absolute atomic E-state index is 13.3. The summed E-state index contributed by atoms with van der Waals surface area (Å²) >= 11 is 1.36. The van der Waals surface area contributed by atoms with Crippen LogP contribution in [0.3, 0.4) is 0 Å². The van der Waals surface area contributed by atoms with Crippen molar-refractivity contribution in [2.75, 3.05) is 32.5 Å². The number of hydrogen-bond acceptors (Lipinski definition) is 7. The summed E-state index contributed by atoms with van der Waals surface area (Å²) in [4.78, 5) is 6.61. The molecule has 0 aliphatic carbocycles. The molecule has 2 aliphatic heterocycles. The molecule has 3 heterocycles. The molecule has 0 spiro atoms. The first-order valence-corrected chi connectivity index (χ1v) is 12.7. The zero-order valence-corrected chi connectivity index (χ0v) is 18.5. The smallest absolute Gasteiger partial charge is 0.279 e. The minimum absolute atomic E-state index is 0.0930. The van der Waals surface area contributed by atoms with Gasteiger partial charge in [0.05, 0.1) is 16.5 Å². The molecule has 3 aromatic rings. The first-order valence-electron chi connectivity index (χ1n) is 10.0. The predicted molar refractivity (Wildman–Crippen MR) is 117 cm³/mol. The molecule has 0 radical (unpaired) electrons. The number of ether oxygens (including phenoxy) is 2. The van der Waals surface area contributed by atoms with Crippen molar-refractivity contribution in [2.24, 2.45) is 0 Å². The van der Waals surface area contributed by atoms with Gasteiger partial charge in [-0.1, -0.05) is 11.3 Å². The van der Waals surface area contributed by atoms with E-state index in [1.54, 1.807) is 10.4 Å². The van der Waals surface area contributed by atoms with E-state index >= 15 is 0 Å². The third-order valence-corrected chi connectivity index (χ3v) is 7.95. The molecular weight excluding hydrogens is 441 g/mol.